The van der Waals surface area contributed by atoms with Gasteiger partial charge in [-0.1, -0.05) is 13.8 Å². The molecule has 0 aromatic heterocycles. The zero-order valence-corrected chi connectivity index (χ0v) is 38.2. The third-order valence-corrected chi connectivity index (χ3v) is 11.8. The van der Waals surface area contributed by atoms with Crippen molar-refractivity contribution in [3.8, 4) is 0 Å². The third-order valence-electron chi connectivity index (χ3n) is 11.1. The van der Waals surface area contributed by atoms with Crippen LogP contribution in [0.5, 0.6) is 0 Å². The summed E-state index contributed by atoms with van der Waals surface area (Å²) in [7, 11) is 0. The van der Waals surface area contributed by atoms with Gasteiger partial charge in [0.2, 0.25) is 59.1 Å². The van der Waals surface area contributed by atoms with Crippen LogP contribution in [0.15, 0.2) is 0 Å². The Labute approximate surface area is 388 Å². The summed E-state index contributed by atoms with van der Waals surface area (Å²) in [6.45, 7) is 3.22. The Balaban J connectivity index is 2.14. The number of hydrogen-bond donors (Lipinski definition) is 13. The normalized spacial score (nSPS) is 29.5. The fourth-order valence-corrected chi connectivity index (χ4v) is 8.13. The number of fused-ring (bicyclic) bond motifs is 2. The van der Waals surface area contributed by atoms with E-state index in [1.54, 1.807) is 6.26 Å². The molecule has 11 amide bonds. The van der Waals surface area contributed by atoms with E-state index in [1.807, 2.05) is 0 Å². The summed E-state index contributed by atoms with van der Waals surface area (Å²) in [4.78, 5) is 161. The SMILES string of the molecule is CSCC[C@@H]1NC(=O)[C@H](CCC(=O)O)NC(=O)[C@@H](CC(N)=O)NC(=O)CNC(=O)[C@@H]2CCC(O)N2C(=O)[C@@H](CC(N)=O)NC(=O)[C@H](C(C)C)NC(=O)[C@@H]2CCC(O)N2C(=O)[C@H]([C@@H](C)O)NC1=O. The maximum Gasteiger partial charge on any atom is 0.303 e. The lowest BCUT2D eigenvalue weighted by molar-refractivity contribution is -0.153. The molecule has 27 nitrogen and oxygen atoms in total. The van der Waals surface area contributed by atoms with Crippen LogP contribution in [0.25, 0.3) is 0 Å². The van der Waals surface area contributed by atoms with Crippen molar-refractivity contribution in [3.63, 3.8) is 0 Å². The van der Waals surface area contributed by atoms with Gasteiger partial charge in [0.1, 0.15) is 60.8 Å². The Kier molecular flexibility index (Phi) is 20.7. The average molecular weight is 972 g/mol. The number of carboxylic acid groups (broad SMARTS) is 1. The lowest BCUT2D eigenvalue weighted by atomic mass is 10.0. The molecule has 28 heteroatoms. The second kappa shape index (κ2) is 25.1. The molecule has 3 rings (SSSR count). The van der Waals surface area contributed by atoms with Gasteiger partial charge in [0.05, 0.1) is 25.5 Å². The minimum absolute atomic E-state index is 0.134. The van der Waals surface area contributed by atoms with Gasteiger partial charge in [-0.2, -0.15) is 11.8 Å². The highest BCUT2D eigenvalue weighted by Crippen LogP contribution is 2.26. The molecule has 15 N–H and O–H groups in total. The summed E-state index contributed by atoms with van der Waals surface area (Å²) >= 11 is 1.24. The smallest absolute Gasteiger partial charge is 0.303 e. The van der Waals surface area contributed by atoms with E-state index in [0.717, 1.165) is 6.92 Å². The first kappa shape index (κ1) is 55.2. The molecule has 374 valence electrons. The Morgan fingerprint density at radius 3 is 1.63 bits per heavy atom. The van der Waals surface area contributed by atoms with Crippen LogP contribution in [0.3, 0.4) is 0 Å². The largest absolute Gasteiger partial charge is 0.481 e. The summed E-state index contributed by atoms with van der Waals surface area (Å²) in [5.74, 6) is -14.1. The van der Waals surface area contributed by atoms with Crippen LogP contribution in [0.2, 0.25) is 0 Å². The summed E-state index contributed by atoms with van der Waals surface area (Å²) in [6.07, 6.45) is -7.23. The summed E-state index contributed by atoms with van der Waals surface area (Å²) in [5, 5.41) is 58.3. The quantitative estimate of drug-likeness (QED) is 0.0864. The van der Waals surface area contributed by atoms with E-state index in [0.29, 0.717) is 9.80 Å². The highest BCUT2D eigenvalue weighted by Gasteiger charge is 2.47. The van der Waals surface area contributed by atoms with Crippen molar-refractivity contribution in [1.29, 1.82) is 0 Å². The van der Waals surface area contributed by atoms with Crippen LogP contribution >= 0.6 is 11.8 Å². The van der Waals surface area contributed by atoms with Gasteiger partial charge in [0.25, 0.3) is 5.91 Å². The van der Waals surface area contributed by atoms with Crippen LogP contribution in [0.4, 0.5) is 0 Å². The van der Waals surface area contributed by atoms with E-state index in [4.69, 9.17) is 11.5 Å². The van der Waals surface area contributed by atoms with Crippen LogP contribution in [0.1, 0.15) is 78.6 Å². The Morgan fingerprint density at radius 1 is 0.627 bits per heavy atom. The number of carbonyl (C=O) groups excluding carboxylic acids is 11. The van der Waals surface area contributed by atoms with Crippen LogP contribution in [-0.2, 0) is 57.5 Å². The van der Waals surface area contributed by atoms with Crippen molar-refractivity contribution in [2.75, 3.05) is 18.6 Å². The van der Waals surface area contributed by atoms with Gasteiger partial charge in [-0.25, -0.2) is 0 Å². The van der Waals surface area contributed by atoms with E-state index in [-0.39, 0.29) is 37.9 Å². The van der Waals surface area contributed by atoms with E-state index in [2.05, 4.69) is 37.2 Å². The molecule has 67 heavy (non-hydrogen) atoms. The molecule has 3 fully saturated rings. The summed E-state index contributed by atoms with van der Waals surface area (Å²) < 4.78 is 0. The fourth-order valence-electron chi connectivity index (χ4n) is 7.66. The maximum atomic E-state index is 14.1. The molecule has 0 saturated carbocycles. The fraction of sp³-hybridized carbons (Fsp3) is 0.692. The highest BCUT2D eigenvalue weighted by molar-refractivity contribution is 7.98. The first-order valence-corrected chi connectivity index (χ1v) is 22.8. The van der Waals surface area contributed by atoms with E-state index < -0.39 is 176 Å². The molecule has 0 aromatic rings. The molecule has 0 aliphatic carbocycles. The van der Waals surface area contributed by atoms with Gasteiger partial charge in [-0.3, -0.25) is 57.5 Å². The van der Waals surface area contributed by atoms with Gasteiger partial charge >= 0.3 is 5.97 Å². The van der Waals surface area contributed by atoms with Crippen molar-refractivity contribution < 1.29 is 78.0 Å². The number of rotatable bonds is 12. The number of aliphatic carboxylic acids is 1. The molecule has 3 saturated heterocycles. The molecule has 0 radical (unpaired) electrons. The second-order valence-corrected chi connectivity index (χ2v) is 17.7. The first-order chi connectivity index (χ1) is 31.4. The molecule has 11 atom stereocenters. The van der Waals surface area contributed by atoms with Crippen LogP contribution in [-0.4, -0.2) is 187 Å². The summed E-state index contributed by atoms with van der Waals surface area (Å²) in [5.41, 5.74) is 10.7. The number of hydrogen-bond acceptors (Lipinski definition) is 16. The van der Waals surface area contributed by atoms with E-state index in [1.165, 1.54) is 25.6 Å². The predicted octanol–water partition coefficient (Wildman–Crippen LogP) is -6.95. The zero-order chi connectivity index (χ0) is 50.4. The lowest BCUT2D eigenvalue weighted by Crippen LogP contribution is -2.63. The first-order valence-electron chi connectivity index (χ1n) is 21.4. The Bertz CT molecular complexity index is 1920. The van der Waals surface area contributed by atoms with Crippen molar-refractivity contribution in [1.82, 2.24) is 47.0 Å². The average Bonchev–Trinajstić information content (AvgIpc) is 3.83. The molecule has 3 aliphatic rings. The number of carbonyl (C=O) groups is 12. The predicted molar refractivity (Wildman–Crippen MR) is 230 cm³/mol. The van der Waals surface area contributed by atoms with Gasteiger partial charge in [-0.15, -0.1) is 0 Å². The zero-order valence-electron chi connectivity index (χ0n) is 37.4. The van der Waals surface area contributed by atoms with E-state index >= 15 is 0 Å². The van der Waals surface area contributed by atoms with Gasteiger partial charge in [0.15, 0.2) is 0 Å². The minimum atomic E-state index is -1.87. The van der Waals surface area contributed by atoms with Crippen molar-refractivity contribution in [3.05, 3.63) is 0 Å². The molecule has 0 bridgehead atoms. The number of nitrogens with one attached hydrogen (secondary N) is 7. The maximum absolute atomic E-state index is 14.1. The second-order valence-electron chi connectivity index (χ2n) is 16.7. The van der Waals surface area contributed by atoms with Gasteiger partial charge < -0.3 is 78.9 Å². The highest BCUT2D eigenvalue weighted by atomic mass is 32.2. The molecular weight excluding hydrogens is 911 g/mol. The van der Waals surface area contributed by atoms with Crippen LogP contribution in [0, 0.1) is 5.92 Å². The monoisotopic (exact) mass is 971 g/mol. The molecule has 3 aliphatic heterocycles. The Hall–Kier alpha value is -6.13. The molecule has 0 aromatic carbocycles. The summed E-state index contributed by atoms with van der Waals surface area (Å²) in [6, 6.07) is -13.3. The Morgan fingerprint density at radius 2 is 1.10 bits per heavy atom. The number of carboxylic acids is 1. The van der Waals surface area contributed by atoms with Crippen molar-refractivity contribution in [2.45, 2.75) is 145 Å². The number of amides is 11. The third kappa shape index (κ3) is 15.5. The van der Waals surface area contributed by atoms with Gasteiger partial charge in [0, 0.05) is 6.42 Å². The standard InChI is InChI=1S/C39H61N11O16S/c1-16(2)30-37(64)46-21(14-25(41)53)38(65)49-22(6-8-27(49)55)35(62)42-15-26(54)43-20(13-24(40)52)34(61)44-18(5-10-29(57)58)32(59)45-19(11-12-67-4)33(60)48-31(17(3)51)39(66)50-23(36(63)47-30)7-9-28(50)56/h16-23,27-28,30-31,51,55-56H,5-15H2,1-4H3,(H2,40,52)(H2,41,53)(H,42,62)(H,43,54)(H,44,61)(H,45,59)(H,46,64)(H,47,63)(H,48,60)(H,57,58)/t17-,18+,19+,20-,21-,22+,23+,27?,28?,30+,31+/m1/s1. The number of nitrogens with zero attached hydrogens (tertiary/aromatic N) is 2. The number of thioether (sulfide) groups is 1. The minimum Gasteiger partial charge on any atom is -0.481 e. The van der Waals surface area contributed by atoms with Crippen LogP contribution < -0.4 is 48.7 Å². The van der Waals surface area contributed by atoms with Crippen molar-refractivity contribution in [2.24, 2.45) is 17.4 Å². The van der Waals surface area contributed by atoms with Gasteiger partial charge in [-0.05, 0) is 63.4 Å². The topological polar surface area (TPSA) is 428 Å². The number of nitrogens with two attached hydrogens (primary N) is 2. The van der Waals surface area contributed by atoms with E-state index in [9.17, 15) is 78.0 Å². The number of aliphatic hydroxyl groups is 3. The molecule has 2 unspecified atom stereocenters. The molecule has 3 heterocycles. The molecular formula is C39H61N11O16S. The molecule has 0 spiro atoms. The lowest BCUT2D eigenvalue weighted by Gasteiger charge is -2.34. The van der Waals surface area contributed by atoms with Crippen molar-refractivity contribution >= 4 is 82.7 Å². The number of primary amides is 2. The number of aliphatic hydroxyl groups excluding tert-OH is 3.